The molecule has 4 nitrogen and oxygen atoms in total. The van der Waals surface area contributed by atoms with Crippen LogP contribution in [0.3, 0.4) is 0 Å². The van der Waals surface area contributed by atoms with Crippen LogP contribution in [0.15, 0.2) is 0 Å². The van der Waals surface area contributed by atoms with Gasteiger partial charge in [0.1, 0.15) is 0 Å². The van der Waals surface area contributed by atoms with Crippen LogP contribution in [0.4, 0.5) is 0 Å². The van der Waals surface area contributed by atoms with Gasteiger partial charge in [0, 0.05) is 25.9 Å². The molecule has 0 fully saturated rings. The van der Waals surface area contributed by atoms with Gasteiger partial charge in [0.2, 0.25) is 11.8 Å². The number of primary amides is 1. The van der Waals surface area contributed by atoms with E-state index in [1.807, 2.05) is 4.90 Å². The quantitative estimate of drug-likeness (QED) is 0.344. The van der Waals surface area contributed by atoms with Crippen molar-refractivity contribution in [2.45, 2.75) is 110 Å². The first kappa shape index (κ1) is 23.9. The highest BCUT2D eigenvalue weighted by molar-refractivity contribution is 5.78. The topological polar surface area (TPSA) is 63.4 Å². The van der Waals surface area contributed by atoms with Crippen molar-refractivity contribution in [2.24, 2.45) is 5.73 Å². The lowest BCUT2D eigenvalue weighted by Gasteiger charge is -2.23. The zero-order chi connectivity index (χ0) is 18.8. The highest BCUT2D eigenvalue weighted by Gasteiger charge is 2.13. The minimum absolute atomic E-state index is 0.198. The molecule has 2 amide bonds. The third-order valence-electron chi connectivity index (χ3n) is 4.73. The van der Waals surface area contributed by atoms with E-state index in [0.29, 0.717) is 19.3 Å². The highest BCUT2D eigenvalue weighted by atomic mass is 16.2. The van der Waals surface area contributed by atoms with Gasteiger partial charge in [-0.05, 0) is 19.3 Å². The molecule has 0 aromatic heterocycles. The number of unbranched alkanes of at least 4 members (excludes halogenated alkanes) is 10. The van der Waals surface area contributed by atoms with E-state index in [1.165, 1.54) is 64.2 Å². The molecule has 25 heavy (non-hydrogen) atoms. The zero-order valence-corrected chi connectivity index (χ0v) is 16.9. The fourth-order valence-electron chi connectivity index (χ4n) is 3.10. The number of amides is 2. The van der Waals surface area contributed by atoms with Crippen molar-refractivity contribution in [1.29, 1.82) is 0 Å². The molecule has 0 aromatic rings. The summed E-state index contributed by atoms with van der Waals surface area (Å²) in [5, 5.41) is 0. The fourth-order valence-corrected chi connectivity index (χ4v) is 3.10. The molecule has 148 valence electrons. The first-order chi connectivity index (χ1) is 12.1. The molecule has 0 atom stereocenters. The van der Waals surface area contributed by atoms with Crippen LogP contribution in [-0.4, -0.2) is 29.8 Å². The molecule has 0 aliphatic carbocycles. The predicted octanol–water partition coefficient (Wildman–Crippen LogP) is 5.19. The van der Waals surface area contributed by atoms with Gasteiger partial charge >= 0.3 is 0 Å². The summed E-state index contributed by atoms with van der Waals surface area (Å²) in [7, 11) is 0. The number of hydrogen-bond acceptors (Lipinski definition) is 2. The van der Waals surface area contributed by atoms with E-state index < -0.39 is 0 Å². The third kappa shape index (κ3) is 16.2. The Kier molecular flexibility index (Phi) is 17.0. The lowest BCUT2D eigenvalue weighted by molar-refractivity contribution is -0.131. The van der Waals surface area contributed by atoms with E-state index in [0.717, 1.165) is 25.9 Å². The van der Waals surface area contributed by atoms with Gasteiger partial charge in [0.05, 0.1) is 0 Å². The first-order valence-corrected chi connectivity index (χ1v) is 10.7. The molecule has 4 heteroatoms. The average Bonchev–Trinajstić information content (AvgIpc) is 2.58. The third-order valence-corrected chi connectivity index (χ3v) is 4.73. The number of nitrogens with two attached hydrogens (primary N) is 1. The molecule has 2 N–H and O–H groups in total. The van der Waals surface area contributed by atoms with Crippen molar-refractivity contribution in [3.8, 4) is 0 Å². The highest BCUT2D eigenvalue weighted by Crippen LogP contribution is 2.11. The molecule has 0 heterocycles. The molecule has 0 saturated carbocycles. The number of carbonyl (C=O) groups is 2. The van der Waals surface area contributed by atoms with Crippen molar-refractivity contribution in [1.82, 2.24) is 4.90 Å². The Morgan fingerprint density at radius 1 is 0.640 bits per heavy atom. The average molecular weight is 355 g/mol. The molecule has 0 aliphatic rings. The fraction of sp³-hybridized carbons (Fsp3) is 0.905. The van der Waals surface area contributed by atoms with Crippen LogP contribution in [0.5, 0.6) is 0 Å². The molecule has 0 unspecified atom stereocenters. The van der Waals surface area contributed by atoms with Crippen molar-refractivity contribution in [2.75, 3.05) is 13.1 Å². The van der Waals surface area contributed by atoms with Crippen molar-refractivity contribution in [3.05, 3.63) is 0 Å². The summed E-state index contributed by atoms with van der Waals surface area (Å²) in [5.74, 6) is -0.116. The van der Waals surface area contributed by atoms with Gasteiger partial charge in [-0.3, -0.25) is 9.59 Å². The summed E-state index contributed by atoms with van der Waals surface area (Å²) >= 11 is 0. The van der Waals surface area contributed by atoms with Crippen LogP contribution in [-0.2, 0) is 9.59 Å². The maximum atomic E-state index is 12.4. The smallest absolute Gasteiger partial charge is 0.222 e. The standard InChI is InChI=1S/C21H42N2O2/c1-3-5-7-9-11-13-18-23(19-14-12-10-8-6-4-2)21(25)17-15-16-20(22)24/h3-19H2,1-2H3,(H2,22,24). The van der Waals surface area contributed by atoms with Gasteiger partial charge in [-0.25, -0.2) is 0 Å². The summed E-state index contributed by atoms with van der Waals surface area (Å²) < 4.78 is 0. The molecule has 0 aromatic carbocycles. The summed E-state index contributed by atoms with van der Waals surface area (Å²) in [5.41, 5.74) is 5.17. The molecule has 0 rings (SSSR count). The zero-order valence-electron chi connectivity index (χ0n) is 16.9. The lowest BCUT2D eigenvalue weighted by atomic mass is 10.1. The van der Waals surface area contributed by atoms with Crippen LogP contribution in [0, 0.1) is 0 Å². The van der Waals surface area contributed by atoms with Gasteiger partial charge < -0.3 is 10.6 Å². The molecular weight excluding hydrogens is 312 g/mol. The molecule has 0 radical (unpaired) electrons. The Morgan fingerprint density at radius 2 is 1.08 bits per heavy atom. The second kappa shape index (κ2) is 17.8. The van der Waals surface area contributed by atoms with E-state index >= 15 is 0 Å². The van der Waals surface area contributed by atoms with Gasteiger partial charge in [-0.2, -0.15) is 0 Å². The Labute approximate surface area is 155 Å². The molecular formula is C21H42N2O2. The maximum absolute atomic E-state index is 12.4. The summed E-state index contributed by atoms with van der Waals surface area (Å²) in [6.07, 6.45) is 16.3. The van der Waals surface area contributed by atoms with Crippen LogP contribution in [0.1, 0.15) is 110 Å². The minimum Gasteiger partial charge on any atom is -0.370 e. The van der Waals surface area contributed by atoms with E-state index in [9.17, 15) is 9.59 Å². The molecule has 0 bridgehead atoms. The largest absolute Gasteiger partial charge is 0.370 e. The molecule has 0 saturated heterocycles. The number of nitrogens with zero attached hydrogens (tertiary/aromatic N) is 1. The van der Waals surface area contributed by atoms with Crippen LogP contribution in [0.2, 0.25) is 0 Å². The van der Waals surface area contributed by atoms with Crippen LogP contribution in [0.25, 0.3) is 0 Å². The Balaban J connectivity index is 4.06. The number of rotatable bonds is 18. The van der Waals surface area contributed by atoms with Crippen LogP contribution >= 0.6 is 0 Å². The lowest BCUT2D eigenvalue weighted by Crippen LogP contribution is -2.33. The van der Waals surface area contributed by atoms with E-state index in [2.05, 4.69) is 13.8 Å². The van der Waals surface area contributed by atoms with Crippen molar-refractivity contribution in [3.63, 3.8) is 0 Å². The van der Waals surface area contributed by atoms with Crippen molar-refractivity contribution < 1.29 is 9.59 Å². The summed E-state index contributed by atoms with van der Waals surface area (Å²) in [6.45, 7) is 6.20. The second-order valence-corrected chi connectivity index (χ2v) is 7.24. The number of carbonyl (C=O) groups excluding carboxylic acids is 2. The Morgan fingerprint density at radius 3 is 1.52 bits per heavy atom. The minimum atomic E-state index is -0.314. The van der Waals surface area contributed by atoms with Gasteiger partial charge in [0.25, 0.3) is 0 Å². The monoisotopic (exact) mass is 354 g/mol. The van der Waals surface area contributed by atoms with E-state index in [1.54, 1.807) is 0 Å². The normalized spacial score (nSPS) is 10.8. The second-order valence-electron chi connectivity index (χ2n) is 7.24. The van der Waals surface area contributed by atoms with E-state index in [4.69, 9.17) is 5.73 Å². The number of hydrogen-bond donors (Lipinski definition) is 1. The first-order valence-electron chi connectivity index (χ1n) is 10.7. The Bertz CT molecular complexity index is 316. The van der Waals surface area contributed by atoms with Gasteiger partial charge in [0.15, 0.2) is 0 Å². The van der Waals surface area contributed by atoms with Crippen LogP contribution < -0.4 is 5.73 Å². The maximum Gasteiger partial charge on any atom is 0.222 e. The SMILES string of the molecule is CCCCCCCCN(CCCCCCCC)C(=O)CCCC(N)=O. The van der Waals surface area contributed by atoms with Crippen molar-refractivity contribution >= 4 is 11.8 Å². The molecule has 0 aliphatic heterocycles. The summed E-state index contributed by atoms with van der Waals surface area (Å²) in [4.78, 5) is 25.3. The predicted molar refractivity (Wildman–Crippen MR) is 106 cm³/mol. The summed E-state index contributed by atoms with van der Waals surface area (Å²) in [6, 6.07) is 0. The van der Waals surface area contributed by atoms with Gasteiger partial charge in [-0.1, -0.05) is 78.1 Å². The van der Waals surface area contributed by atoms with Gasteiger partial charge in [-0.15, -0.1) is 0 Å². The molecule has 0 spiro atoms. The van der Waals surface area contributed by atoms with E-state index in [-0.39, 0.29) is 11.8 Å². The Hall–Kier alpha value is -1.06.